The summed E-state index contributed by atoms with van der Waals surface area (Å²) in [7, 11) is 0. The number of hydrogen-bond donors (Lipinski definition) is 1. The highest BCUT2D eigenvalue weighted by atomic mass is 19.1. The fraction of sp³-hybridized carbons (Fsp3) is 0.240. The Morgan fingerprint density at radius 1 is 1.06 bits per heavy atom. The van der Waals surface area contributed by atoms with Crippen LogP contribution in [0.25, 0.3) is 0 Å². The molecule has 0 fully saturated rings. The summed E-state index contributed by atoms with van der Waals surface area (Å²) in [6.07, 6.45) is 1.99. The second-order valence-electron chi connectivity index (χ2n) is 7.90. The molecule has 1 amide bonds. The van der Waals surface area contributed by atoms with E-state index in [9.17, 15) is 14.0 Å². The molecule has 2 aromatic carbocycles. The second kappa shape index (κ2) is 8.78. The number of benzene rings is 2. The van der Waals surface area contributed by atoms with Crippen molar-refractivity contribution in [2.24, 2.45) is 5.10 Å². The Hall–Kier alpha value is -3.74. The number of carbonyl (C=O) groups excluding carboxylic acids is 2. The topological polar surface area (TPSA) is 80.9 Å². The molecule has 32 heavy (non-hydrogen) atoms. The van der Waals surface area contributed by atoms with Gasteiger partial charge in [0, 0.05) is 17.5 Å². The van der Waals surface area contributed by atoms with E-state index in [1.807, 2.05) is 19.9 Å². The molecule has 3 aromatic rings. The molecule has 0 radical (unpaired) electrons. The van der Waals surface area contributed by atoms with Gasteiger partial charge in [-0.3, -0.25) is 4.79 Å². The Balaban J connectivity index is 1.58. The molecule has 0 bridgehead atoms. The van der Waals surface area contributed by atoms with Crippen LogP contribution in [0.1, 0.15) is 61.8 Å². The maximum atomic E-state index is 13.9. The number of carbonyl (C=O) groups is 2. The molecule has 1 aliphatic rings. The van der Waals surface area contributed by atoms with Crippen LogP contribution in [0.5, 0.6) is 5.75 Å². The van der Waals surface area contributed by atoms with E-state index in [-0.39, 0.29) is 11.3 Å². The van der Waals surface area contributed by atoms with Gasteiger partial charge in [0.15, 0.2) is 0 Å². The Kier molecular flexibility index (Phi) is 5.90. The lowest BCUT2D eigenvalue weighted by molar-refractivity contribution is 0.0698. The summed E-state index contributed by atoms with van der Waals surface area (Å²) in [6, 6.07) is 11.3. The van der Waals surface area contributed by atoms with Crippen LogP contribution in [0.2, 0.25) is 0 Å². The first-order chi connectivity index (χ1) is 15.3. The van der Waals surface area contributed by atoms with E-state index in [2.05, 4.69) is 10.5 Å². The van der Waals surface area contributed by atoms with Gasteiger partial charge in [0.05, 0.1) is 11.3 Å². The third-order valence-electron chi connectivity index (χ3n) is 5.33. The van der Waals surface area contributed by atoms with E-state index >= 15 is 0 Å². The molecule has 1 aliphatic carbocycles. The largest absolute Gasteiger partial charge is 0.453 e. The summed E-state index contributed by atoms with van der Waals surface area (Å²) in [5, 5.41) is 4.22. The van der Waals surface area contributed by atoms with Crippen molar-refractivity contribution in [3.8, 4) is 5.75 Å². The van der Waals surface area contributed by atoms with Gasteiger partial charge in [0.1, 0.15) is 17.3 Å². The van der Waals surface area contributed by atoms with E-state index in [1.54, 1.807) is 25.1 Å². The molecule has 1 aromatic heterocycles. The molecule has 1 heterocycles. The van der Waals surface area contributed by atoms with Gasteiger partial charge < -0.3 is 9.15 Å². The summed E-state index contributed by atoms with van der Waals surface area (Å²) in [4.78, 5) is 25.1. The lowest BCUT2D eigenvalue weighted by Gasteiger charge is -2.13. The number of nitrogens with one attached hydrogen (secondary N) is 1. The van der Waals surface area contributed by atoms with Crippen LogP contribution in [0.15, 0.2) is 52.0 Å². The highest BCUT2D eigenvalue weighted by Crippen LogP contribution is 2.31. The maximum Gasteiger partial charge on any atom is 0.379 e. The van der Waals surface area contributed by atoms with Crippen molar-refractivity contribution in [1.29, 1.82) is 0 Å². The lowest BCUT2D eigenvalue weighted by atomic mass is 9.93. The highest BCUT2D eigenvalue weighted by molar-refractivity contribution is 6.06. The molecule has 6 nitrogen and oxygen atoms in total. The summed E-state index contributed by atoms with van der Waals surface area (Å²) in [5.74, 6) is -0.656. The molecule has 164 valence electrons. The number of fused-ring (bicyclic) bond motifs is 1. The number of nitrogens with zero attached hydrogens (tertiary/aromatic N) is 1. The summed E-state index contributed by atoms with van der Waals surface area (Å²) in [5.41, 5.74) is 6.19. The van der Waals surface area contributed by atoms with Crippen molar-refractivity contribution in [1.82, 2.24) is 5.43 Å². The van der Waals surface area contributed by atoms with Gasteiger partial charge in [-0.2, -0.15) is 5.10 Å². The number of rotatable bonds is 4. The quantitative estimate of drug-likeness (QED) is 0.355. The fourth-order valence-electron chi connectivity index (χ4n) is 3.94. The molecular weight excluding hydrogens is 411 g/mol. The van der Waals surface area contributed by atoms with Crippen LogP contribution >= 0.6 is 0 Å². The van der Waals surface area contributed by atoms with Crippen molar-refractivity contribution < 1.29 is 23.1 Å². The van der Waals surface area contributed by atoms with E-state index in [0.717, 1.165) is 17.5 Å². The van der Waals surface area contributed by atoms with Crippen LogP contribution in [-0.4, -0.2) is 17.6 Å². The van der Waals surface area contributed by atoms with Gasteiger partial charge in [-0.05, 0) is 69.0 Å². The molecule has 0 atom stereocenters. The molecule has 0 aliphatic heterocycles. The fourth-order valence-corrected chi connectivity index (χ4v) is 3.94. The van der Waals surface area contributed by atoms with Crippen molar-refractivity contribution in [3.63, 3.8) is 0 Å². The first kappa shape index (κ1) is 21.5. The number of halogens is 1. The van der Waals surface area contributed by atoms with E-state index in [0.29, 0.717) is 41.2 Å². The molecule has 7 heteroatoms. The molecule has 0 saturated heterocycles. The number of amides is 1. The summed E-state index contributed by atoms with van der Waals surface area (Å²) >= 11 is 0. The van der Waals surface area contributed by atoms with Crippen LogP contribution < -0.4 is 10.2 Å². The summed E-state index contributed by atoms with van der Waals surface area (Å²) < 4.78 is 25.2. The van der Waals surface area contributed by atoms with Crippen LogP contribution in [0, 0.1) is 26.6 Å². The van der Waals surface area contributed by atoms with Crippen molar-refractivity contribution in [2.75, 3.05) is 0 Å². The first-order valence-electron chi connectivity index (χ1n) is 10.4. The zero-order valence-electron chi connectivity index (χ0n) is 18.1. The van der Waals surface area contributed by atoms with E-state index in [1.165, 1.54) is 18.2 Å². The molecule has 0 spiro atoms. The molecular formula is C25H23FN2O4. The van der Waals surface area contributed by atoms with Crippen molar-refractivity contribution in [3.05, 3.63) is 87.6 Å². The third kappa shape index (κ3) is 4.32. The minimum atomic E-state index is -0.640. The number of hydrogen-bond acceptors (Lipinski definition) is 5. The number of esters is 1. The average Bonchev–Trinajstić information content (AvgIpc) is 3.09. The minimum absolute atomic E-state index is 0.0884. The zero-order chi connectivity index (χ0) is 22.8. The number of ether oxygens (including phenoxy) is 1. The van der Waals surface area contributed by atoms with Gasteiger partial charge in [-0.25, -0.2) is 14.6 Å². The monoisotopic (exact) mass is 434 g/mol. The van der Waals surface area contributed by atoms with Crippen molar-refractivity contribution >= 4 is 17.6 Å². The van der Waals surface area contributed by atoms with Crippen molar-refractivity contribution in [2.45, 2.75) is 40.0 Å². The third-order valence-corrected chi connectivity index (χ3v) is 5.33. The normalized spacial score (nSPS) is 14.2. The Morgan fingerprint density at radius 2 is 1.78 bits per heavy atom. The molecule has 1 N–H and O–H groups in total. The van der Waals surface area contributed by atoms with Gasteiger partial charge in [-0.1, -0.05) is 18.2 Å². The molecule has 0 unspecified atom stereocenters. The lowest BCUT2D eigenvalue weighted by Crippen LogP contribution is -2.23. The number of furan rings is 1. The van der Waals surface area contributed by atoms with E-state index < -0.39 is 17.7 Å². The van der Waals surface area contributed by atoms with Gasteiger partial charge in [-0.15, -0.1) is 0 Å². The zero-order valence-corrected chi connectivity index (χ0v) is 18.1. The first-order valence-corrected chi connectivity index (χ1v) is 10.4. The van der Waals surface area contributed by atoms with Crippen LogP contribution in [0.3, 0.4) is 0 Å². The van der Waals surface area contributed by atoms with Crippen LogP contribution in [-0.2, 0) is 6.42 Å². The SMILES string of the molecule is Cc1cc(C)cc(OC(=O)c2oc3c(c2C)/C(=N/NC(=O)c2ccccc2F)CCC3)c1. The standard InChI is InChI=1S/C25H23FN2O4/c1-14-11-15(2)13-17(12-14)31-25(30)23-16(3)22-20(9-6-10-21(22)32-23)27-28-24(29)18-7-4-5-8-19(18)26/h4-5,7-8,11-13H,6,9-10H2,1-3H3,(H,28,29)/b27-20+. The number of hydrazone groups is 1. The predicted octanol–water partition coefficient (Wildman–Crippen LogP) is 5.03. The molecule has 4 rings (SSSR count). The second-order valence-corrected chi connectivity index (χ2v) is 7.90. The Morgan fingerprint density at radius 3 is 2.50 bits per heavy atom. The minimum Gasteiger partial charge on any atom is -0.453 e. The highest BCUT2D eigenvalue weighted by Gasteiger charge is 2.29. The Bertz CT molecular complexity index is 1220. The van der Waals surface area contributed by atoms with Crippen LogP contribution in [0.4, 0.5) is 4.39 Å². The van der Waals surface area contributed by atoms with Gasteiger partial charge in [0.25, 0.3) is 5.91 Å². The van der Waals surface area contributed by atoms with Gasteiger partial charge >= 0.3 is 5.97 Å². The summed E-state index contributed by atoms with van der Waals surface area (Å²) in [6.45, 7) is 5.62. The average molecular weight is 434 g/mol. The molecule has 0 saturated carbocycles. The van der Waals surface area contributed by atoms with Gasteiger partial charge in [0.2, 0.25) is 5.76 Å². The van der Waals surface area contributed by atoms with E-state index in [4.69, 9.17) is 9.15 Å². The smallest absolute Gasteiger partial charge is 0.379 e. The predicted molar refractivity (Wildman–Crippen MR) is 118 cm³/mol. The number of aryl methyl sites for hydroxylation is 3. The maximum absolute atomic E-state index is 13.9. The Labute approximate surface area is 185 Å².